The molecule has 120 valence electrons. The maximum atomic E-state index is 12.3. The van der Waals surface area contributed by atoms with Gasteiger partial charge in [-0.1, -0.05) is 19.0 Å². The molecule has 0 aliphatic heterocycles. The Hall–Kier alpha value is -2.11. The van der Waals surface area contributed by atoms with Crippen molar-refractivity contribution in [1.29, 1.82) is 0 Å². The van der Waals surface area contributed by atoms with E-state index in [1.807, 2.05) is 31.5 Å². The first-order valence-corrected chi connectivity index (χ1v) is 7.63. The van der Waals surface area contributed by atoms with Gasteiger partial charge in [0.1, 0.15) is 5.76 Å². The summed E-state index contributed by atoms with van der Waals surface area (Å²) in [6.45, 7) is 11.1. The van der Waals surface area contributed by atoms with Crippen LogP contribution >= 0.6 is 0 Å². The number of hydrogen-bond donors (Lipinski definition) is 1. The molecule has 2 rings (SSSR count). The Kier molecular flexibility index (Phi) is 5.00. The summed E-state index contributed by atoms with van der Waals surface area (Å²) in [5.41, 5.74) is 3.14. The van der Waals surface area contributed by atoms with Crippen molar-refractivity contribution in [3.63, 3.8) is 0 Å². The summed E-state index contributed by atoms with van der Waals surface area (Å²) in [6, 6.07) is 2.01. The summed E-state index contributed by atoms with van der Waals surface area (Å²) in [4.78, 5) is 12.3. The van der Waals surface area contributed by atoms with Crippen LogP contribution in [0.25, 0.3) is 0 Å². The molecule has 0 bridgehead atoms. The van der Waals surface area contributed by atoms with Crippen LogP contribution < -0.4 is 5.32 Å². The van der Waals surface area contributed by atoms with Crippen molar-refractivity contribution in [2.75, 3.05) is 6.54 Å². The Bertz CT molecular complexity index is 655. The SMILES string of the molecule is Cc1cc(C)n(Cc2c(C(=O)NCCC(C)C)noc2C)n1. The standard InChI is InChI=1S/C16H24N4O2/c1-10(2)6-7-17-16(21)15-14(13(5)22-19-15)9-20-12(4)8-11(3)18-20/h8,10H,6-7,9H2,1-5H3,(H,17,21). The lowest BCUT2D eigenvalue weighted by Gasteiger charge is -2.08. The maximum Gasteiger partial charge on any atom is 0.273 e. The number of carbonyl (C=O) groups excluding carboxylic acids is 1. The quantitative estimate of drug-likeness (QED) is 0.890. The minimum absolute atomic E-state index is 0.186. The second-order valence-electron chi connectivity index (χ2n) is 6.09. The lowest BCUT2D eigenvalue weighted by Crippen LogP contribution is -2.27. The van der Waals surface area contributed by atoms with E-state index in [2.05, 4.69) is 29.4 Å². The molecule has 1 N–H and O–H groups in total. The van der Waals surface area contributed by atoms with Gasteiger partial charge in [0.15, 0.2) is 5.69 Å². The third-order valence-corrected chi connectivity index (χ3v) is 3.62. The van der Waals surface area contributed by atoms with Gasteiger partial charge in [0.25, 0.3) is 5.91 Å². The summed E-state index contributed by atoms with van der Waals surface area (Å²) < 4.78 is 7.07. The fourth-order valence-electron chi connectivity index (χ4n) is 2.30. The van der Waals surface area contributed by atoms with Gasteiger partial charge in [-0.2, -0.15) is 5.10 Å². The van der Waals surface area contributed by atoms with Crippen molar-refractivity contribution in [3.05, 3.63) is 34.5 Å². The van der Waals surface area contributed by atoms with Crippen LogP contribution in [0, 0.1) is 26.7 Å². The molecule has 0 atom stereocenters. The molecular formula is C16H24N4O2. The first-order chi connectivity index (χ1) is 10.4. The number of rotatable bonds is 6. The summed E-state index contributed by atoms with van der Waals surface area (Å²) in [6.07, 6.45) is 0.940. The summed E-state index contributed by atoms with van der Waals surface area (Å²) in [5, 5.41) is 11.2. The molecule has 0 fully saturated rings. The second-order valence-corrected chi connectivity index (χ2v) is 6.09. The number of carbonyl (C=O) groups is 1. The molecule has 6 heteroatoms. The number of nitrogens with one attached hydrogen (secondary N) is 1. The molecule has 0 spiro atoms. The Morgan fingerprint density at radius 3 is 2.68 bits per heavy atom. The Morgan fingerprint density at radius 2 is 2.09 bits per heavy atom. The smallest absolute Gasteiger partial charge is 0.273 e. The molecule has 0 aliphatic rings. The third-order valence-electron chi connectivity index (χ3n) is 3.62. The zero-order valence-corrected chi connectivity index (χ0v) is 13.9. The molecular weight excluding hydrogens is 280 g/mol. The van der Waals surface area contributed by atoms with Gasteiger partial charge in [-0.3, -0.25) is 9.48 Å². The van der Waals surface area contributed by atoms with Crippen LogP contribution in [-0.2, 0) is 6.54 Å². The van der Waals surface area contributed by atoms with Crippen LogP contribution in [0.2, 0.25) is 0 Å². The number of hydrogen-bond acceptors (Lipinski definition) is 4. The highest BCUT2D eigenvalue weighted by molar-refractivity contribution is 5.93. The van der Waals surface area contributed by atoms with E-state index < -0.39 is 0 Å². The van der Waals surface area contributed by atoms with E-state index in [1.54, 1.807) is 0 Å². The maximum absolute atomic E-state index is 12.3. The van der Waals surface area contributed by atoms with Crippen LogP contribution in [0.3, 0.4) is 0 Å². The number of aromatic nitrogens is 3. The molecule has 22 heavy (non-hydrogen) atoms. The Balaban J connectivity index is 2.13. The van der Waals surface area contributed by atoms with Gasteiger partial charge in [-0.05, 0) is 39.2 Å². The number of nitrogens with zero attached hydrogens (tertiary/aromatic N) is 3. The average Bonchev–Trinajstić information content (AvgIpc) is 2.93. The first kappa shape index (κ1) is 16.3. The van der Waals surface area contributed by atoms with Crippen molar-refractivity contribution < 1.29 is 9.32 Å². The van der Waals surface area contributed by atoms with Crippen LogP contribution in [0.15, 0.2) is 10.6 Å². The lowest BCUT2D eigenvalue weighted by molar-refractivity contribution is 0.0942. The van der Waals surface area contributed by atoms with E-state index in [-0.39, 0.29) is 5.91 Å². The van der Waals surface area contributed by atoms with Crippen molar-refractivity contribution >= 4 is 5.91 Å². The minimum Gasteiger partial charge on any atom is -0.361 e. The van der Waals surface area contributed by atoms with Gasteiger partial charge in [0, 0.05) is 17.8 Å². The minimum atomic E-state index is -0.186. The van der Waals surface area contributed by atoms with E-state index in [0.717, 1.165) is 23.4 Å². The van der Waals surface area contributed by atoms with Gasteiger partial charge in [-0.25, -0.2) is 0 Å². The molecule has 0 saturated heterocycles. The number of aryl methyl sites for hydroxylation is 3. The van der Waals surface area contributed by atoms with E-state index >= 15 is 0 Å². The summed E-state index contributed by atoms with van der Waals surface area (Å²) in [5.74, 6) is 1.02. The molecule has 0 unspecified atom stereocenters. The third kappa shape index (κ3) is 3.75. The Labute approximate surface area is 130 Å². The van der Waals surface area contributed by atoms with E-state index in [1.165, 1.54) is 0 Å². The molecule has 2 aromatic heterocycles. The monoisotopic (exact) mass is 304 g/mol. The second kappa shape index (κ2) is 6.77. The highest BCUT2D eigenvalue weighted by Crippen LogP contribution is 2.16. The van der Waals surface area contributed by atoms with Gasteiger partial charge in [-0.15, -0.1) is 0 Å². The molecule has 0 aliphatic carbocycles. The molecule has 2 heterocycles. The molecule has 1 amide bonds. The van der Waals surface area contributed by atoms with Crippen LogP contribution in [0.5, 0.6) is 0 Å². The van der Waals surface area contributed by atoms with Crippen molar-refractivity contribution in [1.82, 2.24) is 20.3 Å². The van der Waals surface area contributed by atoms with E-state index in [0.29, 0.717) is 30.5 Å². The van der Waals surface area contributed by atoms with Crippen molar-refractivity contribution in [2.45, 2.75) is 47.6 Å². The molecule has 0 saturated carbocycles. The normalized spacial score (nSPS) is 11.2. The van der Waals surface area contributed by atoms with Gasteiger partial charge < -0.3 is 9.84 Å². The highest BCUT2D eigenvalue weighted by atomic mass is 16.5. The zero-order chi connectivity index (χ0) is 16.3. The van der Waals surface area contributed by atoms with Crippen LogP contribution in [-0.4, -0.2) is 27.4 Å². The van der Waals surface area contributed by atoms with Gasteiger partial charge in [0.05, 0.1) is 12.2 Å². The predicted octanol–water partition coefficient (Wildman–Crippen LogP) is 2.62. The average molecular weight is 304 g/mol. The van der Waals surface area contributed by atoms with Gasteiger partial charge in [0.2, 0.25) is 0 Å². The molecule has 0 radical (unpaired) electrons. The number of amides is 1. The van der Waals surface area contributed by atoms with Crippen molar-refractivity contribution in [3.8, 4) is 0 Å². The van der Waals surface area contributed by atoms with Crippen molar-refractivity contribution in [2.24, 2.45) is 5.92 Å². The molecule has 6 nitrogen and oxygen atoms in total. The van der Waals surface area contributed by atoms with Crippen LogP contribution in [0.1, 0.15) is 53.5 Å². The predicted molar refractivity (Wildman–Crippen MR) is 83.8 cm³/mol. The topological polar surface area (TPSA) is 73.0 Å². The highest BCUT2D eigenvalue weighted by Gasteiger charge is 2.20. The van der Waals surface area contributed by atoms with E-state index in [4.69, 9.17) is 4.52 Å². The zero-order valence-electron chi connectivity index (χ0n) is 13.9. The Morgan fingerprint density at radius 1 is 1.36 bits per heavy atom. The van der Waals surface area contributed by atoms with E-state index in [9.17, 15) is 4.79 Å². The largest absolute Gasteiger partial charge is 0.361 e. The fourth-order valence-corrected chi connectivity index (χ4v) is 2.30. The fraction of sp³-hybridized carbons (Fsp3) is 0.562. The van der Waals surface area contributed by atoms with Crippen LogP contribution in [0.4, 0.5) is 0 Å². The lowest BCUT2D eigenvalue weighted by atomic mass is 10.1. The van der Waals surface area contributed by atoms with Gasteiger partial charge >= 0.3 is 0 Å². The molecule has 0 aromatic carbocycles. The first-order valence-electron chi connectivity index (χ1n) is 7.63. The molecule has 2 aromatic rings. The summed E-state index contributed by atoms with van der Waals surface area (Å²) in [7, 11) is 0. The summed E-state index contributed by atoms with van der Waals surface area (Å²) >= 11 is 0.